The molecule has 1 nitrogen and oxygen atoms in total. The number of fused-ring (bicyclic) bond motifs is 1. The van der Waals surface area contributed by atoms with Gasteiger partial charge in [-0.15, -0.1) is 11.3 Å². The van der Waals surface area contributed by atoms with Crippen LogP contribution in [0.3, 0.4) is 0 Å². The second kappa shape index (κ2) is 7.84. The molecule has 0 saturated carbocycles. The third-order valence-corrected chi connectivity index (χ3v) is 5.31. The number of ketones is 1. The molecule has 2 heteroatoms. The fraction of sp³-hybridized carbons (Fsp3) is 0.706. The second-order valence-electron chi connectivity index (χ2n) is 5.71. The summed E-state index contributed by atoms with van der Waals surface area (Å²) in [6.45, 7) is 2.24. The number of Topliss-reactive ketones (excluding diaryl/α,β-unsaturated/α-hetero) is 1. The van der Waals surface area contributed by atoms with Crippen molar-refractivity contribution in [3.63, 3.8) is 0 Å². The van der Waals surface area contributed by atoms with E-state index >= 15 is 0 Å². The van der Waals surface area contributed by atoms with E-state index in [1.807, 2.05) is 0 Å². The van der Waals surface area contributed by atoms with Crippen molar-refractivity contribution in [3.8, 4) is 0 Å². The normalized spacial score (nSPS) is 14.4. The van der Waals surface area contributed by atoms with Crippen LogP contribution < -0.4 is 0 Å². The lowest BCUT2D eigenvalue weighted by Crippen LogP contribution is -1.97. The predicted molar refractivity (Wildman–Crippen MR) is 83.3 cm³/mol. The number of thiophene rings is 1. The summed E-state index contributed by atoms with van der Waals surface area (Å²) < 4.78 is 0. The van der Waals surface area contributed by atoms with E-state index in [-0.39, 0.29) is 0 Å². The minimum Gasteiger partial charge on any atom is -0.293 e. The molecule has 0 aromatic carbocycles. The lowest BCUT2D eigenvalue weighted by Gasteiger charge is -2.08. The molecule has 0 spiro atoms. The molecule has 0 N–H and O–H groups in total. The highest BCUT2D eigenvalue weighted by atomic mass is 32.1. The molecule has 0 aliphatic heterocycles. The molecule has 0 unspecified atom stereocenters. The maximum atomic E-state index is 12.2. The van der Waals surface area contributed by atoms with Gasteiger partial charge in [0, 0.05) is 11.3 Å². The van der Waals surface area contributed by atoms with Crippen molar-refractivity contribution in [2.24, 2.45) is 0 Å². The Hall–Kier alpha value is -0.630. The number of hydrogen-bond acceptors (Lipinski definition) is 2. The minimum absolute atomic E-state index is 0.384. The van der Waals surface area contributed by atoms with E-state index in [1.54, 1.807) is 11.3 Å². The summed E-state index contributed by atoms with van der Waals surface area (Å²) in [5.41, 5.74) is 1.46. The zero-order valence-corrected chi connectivity index (χ0v) is 13.0. The third-order valence-electron chi connectivity index (χ3n) is 4.03. The molecule has 0 bridgehead atoms. The molecule has 0 atom stereocenters. The Morgan fingerprint density at radius 2 is 1.84 bits per heavy atom. The molecule has 1 aliphatic carbocycles. The average molecular weight is 278 g/mol. The van der Waals surface area contributed by atoms with Crippen LogP contribution in [0.15, 0.2) is 6.07 Å². The maximum Gasteiger partial charge on any atom is 0.172 e. The van der Waals surface area contributed by atoms with E-state index < -0.39 is 0 Å². The molecule has 0 radical (unpaired) electrons. The number of carbonyl (C=O) groups excluding carboxylic acids is 1. The highest BCUT2D eigenvalue weighted by Gasteiger charge is 2.16. The van der Waals surface area contributed by atoms with E-state index in [0.717, 1.165) is 17.7 Å². The van der Waals surface area contributed by atoms with Crippen molar-refractivity contribution in [1.82, 2.24) is 0 Å². The van der Waals surface area contributed by atoms with Crippen molar-refractivity contribution < 1.29 is 4.79 Å². The van der Waals surface area contributed by atoms with Crippen LogP contribution in [0.1, 0.15) is 84.8 Å². The van der Waals surface area contributed by atoms with Crippen molar-refractivity contribution in [3.05, 3.63) is 21.4 Å². The van der Waals surface area contributed by atoms with Crippen LogP contribution in [0.4, 0.5) is 0 Å². The molecule has 2 rings (SSSR count). The first-order chi connectivity index (χ1) is 9.31. The highest BCUT2D eigenvalue weighted by molar-refractivity contribution is 7.14. The molecule has 106 valence electrons. The van der Waals surface area contributed by atoms with Gasteiger partial charge >= 0.3 is 0 Å². The van der Waals surface area contributed by atoms with Crippen molar-refractivity contribution in [2.75, 3.05) is 0 Å². The van der Waals surface area contributed by atoms with Crippen LogP contribution in [0.25, 0.3) is 0 Å². The first-order valence-corrected chi connectivity index (χ1v) is 8.77. The SMILES string of the molecule is CCCCCCCCC(=O)c1cc2c(s1)CCCC2. The molecule has 0 fully saturated rings. The lowest BCUT2D eigenvalue weighted by molar-refractivity contribution is 0.0983. The Bertz CT molecular complexity index is 382. The highest BCUT2D eigenvalue weighted by Crippen LogP contribution is 2.30. The topological polar surface area (TPSA) is 17.1 Å². The fourth-order valence-electron chi connectivity index (χ4n) is 2.82. The molecule has 0 saturated heterocycles. The van der Waals surface area contributed by atoms with Gasteiger partial charge in [-0.2, -0.15) is 0 Å². The number of carbonyl (C=O) groups is 1. The van der Waals surface area contributed by atoms with E-state index in [2.05, 4.69) is 13.0 Å². The average Bonchev–Trinajstić information content (AvgIpc) is 2.86. The number of rotatable bonds is 8. The van der Waals surface area contributed by atoms with Gasteiger partial charge in [0.2, 0.25) is 0 Å². The number of aryl methyl sites for hydroxylation is 2. The number of hydrogen-bond donors (Lipinski definition) is 0. The van der Waals surface area contributed by atoms with Crippen LogP contribution >= 0.6 is 11.3 Å². The van der Waals surface area contributed by atoms with Gasteiger partial charge in [-0.25, -0.2) is 0 Å². The maximum absolute atomic E-state index is 12.2. The Balaban J connectivity index is 1.72. The van der Waals surface area contributed by atoms with Crippen molar-refractivity contribution >= 4 is 17.1 Å². The van der Waals surface area contributed by atoms with Crippen LogP contribution in [0, 0.1) is 0 Å². The minimum atomic E-state index is 0.384. The summed E-state index contributed by atoms with van der Waals surface area (Å²) in [5, 5.41) is 0. The summed E-state index contributed by atoms with van der Waals surface area (Å²) >= 11 is 1.77. The van der Waals surface area contributed by atoms with Gasteiger partial charge in [0.25, 0.3) is 0 Å². The van der Waals surface area contributed by atoms with Gasteiger partial charge in [-0.1, -0.05) is 39.0 Å². The van der Waals surface area contributed by atoms with E-state index in [4.69, 9.17) is 0 Å². The van der Waals surface area contributed by atoms with Gasteiger partial charge in [0.15, 0.2) is 5.78 Å². The first kappa shape index (κ1) is 14.8. The summed E-state index contributed by atoms with van der Waals surface area (Å²) in [4.78, 5) is 14.7. The second-order valence-corrected chi connectivity index (χ2v) is 6.84. The van der Waals surface area contributed by atoms with Crippen molar-refractivity contribution in [1.29, 1.82) is 0 Å². The molecule has 1 aliphatic rings. The third kappa shape index (κ3) is 4.45. The van der Waals surface area contributed by atoms with Gasteiger partial charge in [-0.05, 0) is 43.7 Å². The monoisotopic (exact) mass is 278 g/mol. The molecule has 1 aromatic heterocycles. The van der Waals surface area contributed by atoms with Gasteiger partial charge in [-0.3, -0.25) is 4.79 Å². The fourth-order valence-corrected chi connectivity index (χ4v) is 4.04. The number of unbranched alkanes of at least 4 members (excludes halogenated alkanes) is 5. The van der Waals surface area contributed by atoms with Gasteiger partial charge in [0.05, 0.1) is 4.88 Å². The van der Waals surface area contributed by atoms with Crippen LogP contribution in [0.2, 0.25) is 0 Å². The van der Waals surface area contributed by atoms with E-state index in [1.165, 1.54) is 68.2 Å². The molecular formula is C17H26OS. The van der Waals surface area contributed by atoms with Crippen molar-refractivity contribution in [2.45, 2.75) is 77.6 Å². The lowest BCUT2D eigenvalue weighted by atomic mass is 9.98. The molecule has 1 heterocycles. The van der Waals surface area contributed by atoms with E-state index in [9.17, 15) is 4.79 Å². The van der Waals surface area contributed by atoms with E-state index in [0.29, 0.717) is 5.78 Å². The Morgan fingerprint density at radius 3 is 2.63 bits per heavy atom. The quantitative estimate of drug-likeness (QED) is 0.449. The Kier molecular flexibility index (Phi) is 6.09. The molecular weight excluding hydrogens is 252 g/mol. The van der Waals surface area contributed by atoms with Gasteiger partial charge < -0.3 is 0 Å². The van der Waals surface area contributed by atoms with Gasteiger partial charge in [0.1, 0.15) is 0 Å². The summed E-state index contributed by atoms with van der Waals surface area (Å²) in [5.74, 6) is 0.384. The molecule has 0 amide bonds. The largest absolute Gasteiger partial charge is 0.293 e. The molecule has 1 aromatic rings. The summed E-state index contributed by atoms with van der Waals surface area (Å²) in [7, 11) is 0. The zero-order valence-electron chi connectivity index (χ0n) is 12.2. The van der Waals surface area contributed by atoms with Crippen LogP contribution in [-0.4, -0.2) is 5.78 Å². The molecule has 19 heavy (non-hydrogen) atoms. The van der Waals surface area contributed by atoms with Crippen LogP contribution in [0.5, 0.6) is 0 Å². The predicted octanol–water partition coefficient (Wildman–Crippen LogP) is 5.56. The Morgan fingerprint density at radius 1 is 1.11 bits per heavy atom. The first-order valence-electron chi connectivity index (χ1n) is 7.96. The summed E-state index contributed by atoms with van der Waals surface area (Å²) in [6.07, 6.45) is 13.3. The van der Waals surface area contributed by atoms with Crippen LogP contribution in [-0.2, 0) is 12.8 Å². The summed E-state index contributed by atoms with van der Waals surface area (Å²) in [6, 6.07) is 2.18. The Labute approximate surface area is 121 Å². The zero-order chi connectivity index (χ0) is 13.5. The smallest absolute Gasteiger partial charge is 0.172 e. The standard InChI is InChI=1S/C17H26OS/c1-2-3-4-5-6-7-11-15(18)17-13-14-10-8-9-12-16(14)19-17/h13H,2-12H2,1H3.